The largest absolute Gasteiger partial charge is 0.347 e. The lowest BCUT2D eigenvalue weighted by atomic mass is 9.92. The second-order valence-electron chi connectivity index (χ2n) is 8.96. The third-order valence-electron chi connectivity index (χ3n) is 6.53. The first-order valence-corrected chi connectivity index (χ1v) is 14.0. The molecule has 1 saturated carbocycles. The molecule has 2 heterocycles. The van der Waals surface area contributed by atoms with E-state index in [4.69, 9.17) is 11.6 Å². The van der Waals surface area contributed by atoms with E-state index in [1.165, 1.54) is 6.42 Å². The molecular weight excluding hydrogens is 496 g/mol. The summed E-state index contributed by atoms with van der Waals surface area (Å²) in [5.74, 6) is -0.0191. The fourth-order valence-electron chi connectivity index (χ4n) is 4.76. The van der Waals surface area contributed by atoms with Crippen molar-refractivity contribution in [3.63, 3.8) is 0 Å². The lowest BCUT2D eigenvalue weighted by molar-refractivity contribution is -0.130. The van der Waals surface area contributed by atoms with Crippen LogP contribution in [0.25, 0.3) is 6.08 Å². The minimum absolute atomic E-state index is 0.0795. The molecule has 180 valence electrons. The van der Waals surface area contributed by atoms with Crippen LogP contribution in [0.2, 0.25) is 5.02 Å². The number of nitrogens with zero attached hydrogens (tertiary/aromatic N) is 1. The standard InChI is InChI=1S/C28H27ClN2O2S2/c29-22-6-3-5-20(15-22)18-31-24-8-1-2-9-25(24)35-26(28(31)33)16-19-10-12-21(13-11-19)27(32)30-17-23-7-4-14-34-23/h3-7,10-16,24-25H,1-2,8-9,17-18H2,(H,30,32)/b26-16+. The molecule has 4 nitrogen and oxygen atoms in total. The summed E-state index contributed by atoms with van der Waals surface area (Å²) in [5, 5.41) is 6.06. The van der Waals surface area contributed by atoms with E-state index in [-0.39, 0.29) is 17.9 Å². The highest BCUT2D eigenvalue weighted by molar-refractivity contribution is 8.04. The molecule has 1 aliphatic heterocycles. The molecule has 1 aromatic heterocycles. The molecule has 1 aliphatic carbocycles. The summed E-state index contributed by atoms with van der Waals surface area (Å²) in [6, 6.07) is 19.5. The number of hydrogen-bond donors (Lipinski definition) is 1. The number of rotatable bonds is 6. The molecule has 2 amide bonds. The maximum absolute atomic E-state index is 13.6. The van der Waals surface area contributed by atoms with Crippen LogP contribution in [0.15, 0.2) is 70.9 Å². The van der Waals surface area contributed by atoms with Crippen molar-refractivity contribution in [2.75, 3.05) is 0 Å². The Bertz CT molecular complexity index is 1220. The van der Waals surface area contributed by atoms with Crippen molar-refractivity contribution in [2.24, 2.45) is 0 Å². The summed E-state index contributed by atoms with van der Waals surface area (Å²) in [7, 11) is 0. The first-order chi connectivity index (χ1) is 17.1. The molecule has 1 N–H and O–H groups in total. The number of carbonyl (C=O) groups excluding carboxylic acids is 2. The van der Waals surface area contributed by atoms with Crippen molar-refractivity contribution < 1.29 is 9.59 Å². The molecule has 0 spiro atoms. The van der Waals surface area contributed by atoms with Crippen LogP contribution in [0.5, 0.6) is 0 Å². The van der Waals surface area contributed by atoms with Gasteiger partial charge in [0.05, 0.1) is 11.4 Å². The number of thioether (sulfide) groups is 1. The normalized spacial score (nSPS) is 21.1. The van der Waals surface area contributed by atoms with Crippen LogP contribution in [0.4, 0.5) is 0 Å². The molecule has 7 heteroatoms. The highest BCUT2D eigenvalue weighted by Gasteiger charge is 2.40. The zero-order valence-corrected chi connectivity index (χ0v) is 21.7. The van der Waals surface area contributed by atoms with E-state index < -0.39 is 0 Å². The molecule has 0 radical (unpaired) electrons. The summed E-state index contributed by atoms with van der Waals surface area (Å²) in [6.45, 7) is 1.10. The minimum atomic E-state index is -0.0986. The highest BCUT2D eigenvalue weighted by atomic mass is 35.5. The first kappa shape index (κ1) is 24.2. The molecular formula is C28H27ClN2O2S2. The number of hydrogen-bond acceptors (Lipinski definition) is 4. The average Bonchev–Trinajstić information content (AvgIpc) is 3.39. The average molecular weight is 523 g/mol. The second kappa shape index (κ2) is 11.0. The van der Waals surface area contributed by atoms with Crippen molar-refractivity contribution in [1.82, 2.24) is 10.2 Å². The Morgan fingerprint density at radius 3 is 2.69 bits per heavy atom. The molecule has 2 aromatic carbocycles. The smallest absolute Gasteiger partial charge is 0.260 e. The van der Waals surface area contributed by atoms with Crippen LogP contribution in [0.3, 0.4) is 0 Å². The lowest BCUT2D eigenvalue weighted by Gasteiger charge is -2.44. The third kappa shape index (κ3) is 5.83. The van der Waals surface area contributed by atoms with E-state index in [0.717, 1.165) is 40.2 Å². The van der Waals surface area contributed by atoms with E-state index in [0.29, 0.717) is 28.9 Å². The molecule has 5 rings (SSSR count). The number of benzene rings is 2. The number of thiophene rings is 1. The predicted octanol–water partition coefficient (Wildman–Crippen LogP) is 6.76. The summed E-state index contributed by atoms with van der Waals surface area (Å²) < 4.78 is 0. The van der Waals surface area contributed by atoms with Crippen LogP contribution in [-0.4, -0.2) is 28.0 Å². The van der Waals surface area contributed by atoms with Gasteiger partial charge in [0.25, 0.3) is 11.8 Å². The molecule has 3 aromatic rings. The quantitative estimate of drug-likeness (QED) is 0.364. The van der Waals surface area contributed by atoms with Gasteiger partial charge in [-0.1, -0.05) is 54.8 Å². The molecule has 35 heavy (non-hydrogen) atoms. The van der Waals surface area contributed by atoms with Crippen LogP contribution >= 0.6 is 34.7 Å². The summed E-state index contributed by atoms with van der Waals surface area (Å²) >= 11 is 9.55. The van der Waals surface area contributed by atoms with E-state index >= 15 is 0 Å². The van der Waals surface area contributed by atoms with Gasteiger partial charge in [0.2, 0.25) is 0 Å². The van der Waals surface area contributed by atoms with Gasteiger partial charge in [-0.25, -0.2) is 0 Å². The first-order valence-electron chi connectivity index (χ1n) is 11.9. The number of carbonyl (C=O) groups is 2. The van der Waals surface area contributed by atoms with Crippen molar-refractivity contribution in [3.8, 4) is 0 Å². The van der Waals surface area contributed by atoms with E-state index in [1.807, 2.05) is 77.0 Å². The Balaban J connectivity index is 1.32. The number of fused-ring (bicyclic) bond motifs is 1. The van der Waals surface area contributed by atoms with Crippen molar-refractivity contribution in [1.29, 1.82) is 0 Å². The predicted molar refractivity (Wildman–Crippen MR) is 146 cm³/mol. The molecule has 2 aliphatic rings. The SMILES string of the molecule is O=C(NCc1cccs1)c1ccc(/C=C2/SC3CCCCC3N(Cc3cccc(Cl)c3)C2=O)cc1. The van der Waals surface area contributed by atoms with Crippen LogP contribution in [-0.2, 0) is 17.9 Å². The molecule has 2 fully saturated rings. The molecule has 2 unspecified atom stereocenters. The fraction of sp³-hybridized carbons (Fsp3) is 0.286. The van der Waals surface area contributed by atoms with Gasteiger partial charge in [0, 0.05) is 33.3 Å². The summed E-state index contributed by atoms with van der Waals surface area (Å²) in [6.07, 6.45) is 6.50. The van der Waals surface area contributed by atoms with E-state index in [9.17, 15) is 9.59 Å². The lowest BCUT2D eigenvalue weighted by Crippen LogP contribution is -2.50. The maximum Gasteiger partial charge on any atom is 0.260 e. The Kier molecular flexibility index (Phi) is 7.61. The van der Waals surface area contributed by atoms with Gasteiger partial charge in [-0.15, -0.1) is 23.1 Å². The maximum atomic E-state index is 13.6. The minimum Gasteiger partial charge on any atom is -0.347 e. The summed E-state index contributed by atoms with van der Waals surface area (Å²) in [4.78, 5) is 30.0. The number of nitrogens with one attached hydrogen (secondary N) is 1. The Labute approximate surface area is 219 Å². The van der Waals surface area contributed by atoms with Crippen LogP contribution in [0, 0.1) is 0 Å². The van der Waals surface area contributed by atoms with Gasteiger partial charge in [-0.2, -0.15) is 0 Å². The van der Waals surface area contributed by atoms with Gasteiger partial charge in [0.1, 0.15) is 0 Å². The number of amides is 2. The van der Waals surface area contributed by atoms with Gasteiger partial charge < -0.3 is 10.2 Å². The van der Waals surface area contributed by atoms with E-state index in [1.54, 1.807) is 23.1 Å². The topological polar surface area (TPSA) is 49.4 Å². The highest BCUT2D eigenvalue weighted by Crippen LogP contribution is 2.42. The van der Waals surface area contributed by atoms with Crippen molar-refractivity contribution in [2.45, 2.75) is 50.1 Å². The molecule has 2 atom stereocenters. The van der Waals surface area contributed by atoms with Gasteiger partial charge in [-0.3, -0.25) is 9.59 Å². The van der Waals surface area contributed by atoms with Gasteiger partial charge >= 0.3 is 0 Å². The molecule has 1 saturated heterocycles. The monoisotopic (exact) mass is 522 g/mol. The number of halogens is 1. The van der Waals surface area contributed by atoms with Crippen LogP contribution < -0.4 is 5.32 Å². The van der Waals surface area contributed by atoms with Crippen molar-refractivity contribution in [3.05, 3.63) is 97.5 Å². The zero-order valence-electron chi connectivity index (χ0n) is 19.3. The second-order valence-corrected chi connectivity index (χ2v) is 11.7. The Hall–Kier alpha value is -2.54. The Morgan fingerprint density at radius 1 is 1.09 bits per heavy atom. The Morgan fingerprint density at radius 2 is 1.91 bits per heavy atom. The fourth-order valence-corrected chi connectivity index (χ4v) is 7.09. The molecule has 0 bridgehead atoms. The zero-order chi connectivity index (χ0) is 24.2. The summed E-state index contributed by atoms with van der Waals surface area (Å²) in [5.41, 5.74) is 2.59. The van der Waals surface area contributed by atoms with Gasteiger partial charge in [0.15, 0.2) is 0 Å². The van der Waals surface area contributed by atoms with Crippen molar-refractivity contribution >= 4 is 52.6 Å². The van der Waals surface area contributed by atoms with Crippen LogP contribution in [0.1, 0.15) is 52.0 Å². The third-order valence-corrected chi connectivity index (χ3v) is 9.04. The van der Waals surface area contributed by atoms with E-state index in [2.05, 4.69) is 5.32 Å². The van der Waals surface area contributed by atoms with Gasteiger partial charge in [-0.05, 0) is 65.8 Å².